The lowest BCUT2D eigenvalue weighted by Crippen LogP contribution is -2.12. The van der Waals surface area contributed by atoms with Crippen LogP contribution in [0.4, 0.5) is 5.69 Å². The number of hydrogen-bond acceptors (Lipinski definition) is 5. The molecule has 0 fully saturated rings. The van der Waals surface area contributed by atoms with Gasteiger partial charge in [-0.05, 0) is 42.5 Å². The normalized spacial score (nSPS) is 11.0. The predicted octanol–water partition coefficient (Wildman–Crippen LogP) is 3.69. The van der Waals surface area contributed by atoms with Crippen molar-refractivity contribution in [2.24, 2.45) is 7.05 Å². The molecule has 2 heterocycles. The number of hydrogen-bond donors (Lipinski definition) is 1. The highest BCUT2D eigenvalue weighted by Gasteiger charge is 2.15. The molecule has 0 unspecified atom stereocenters. The van der Waals surface area contributed by atoms with E-state index in [1.54, 1.807) is 55.6 Å². The minimum Gasteiger partial charge on any atom is -0.408 e. The van der Waals surface area contributed by atoms with Gasteiger partial charge in [0.1, 0.15) is 0 Å². The Bertz CT molecular complexity index is 1170. The van der Waals surface area contributed by atoms with E-state index < -0.39 is 11.7 Å². The number of nitrogens with zero attached hydrogens (tertiary/aromatic N) is 2. The summed E-state index contributed by atoms with van der Waals surface area (Å²) in [6, 6.07) is 13.5. The number of aryl methyl sites for hydroxylation is 1. The Morgan fingerprint density at radius 3 is 2.69 bits per heavy atom. The molecule has 0 atom stereocenters. The second-order valence-electron chi connectivity index (χ2n) is 5.65. The number of benzene rings is 2. The van der Waals surface area contributed by atoms with Crippen LogP contribution in [0.3, 0.4) is 0 Å². The number of amides is 1. The van der Waals surface area contributed by atoms with Gasteiger partial charge in [-0.1, -0.05) is 16.8 Å². The monoisotopic (exact) mass is 369 g/mol. The molecular weight excluding hydrogens is 358 g/mol. The maximum atomic E-state index is 12.4. The van der Waals surface area contributed by atoms with E-state index in [4.69, 9.17) is 20.5 Å². The zero-order valence-electron chi connectivity index (χ0n) is 13.5. The molecule has 0 aliphatic rings. The quantitative estimate of drug-likeness (QED) is 0.594. The molecule has 130 valence electrons. The maximum absolute atomic E-state index is 12.4. The number of rotatable bonds is 3. The number of carbonyl (C=O) groups is 1. The Morgan fingerprint density at radius 1 is 1.15 bits per heavy atom. The molecule has 2 aromatic carbocycles. The molecule has 4 aromatic rings. The van der Waals surface area contributed by atoms with E-state index in [9.17, 15) is 9.59 Å². The van der Waals surface area contributed by atoms with Crippen LogP contribution in [0, 0.1) is 0 Å². The number of aromatic nitrogens is 2. The third kappa shape index (κ3) is 2.89. The third-order valence-corrected chi connectivity index (χ3v) is 4.17. The Balaban J connectivity index is 1.58. The molecule has 0 saturated heterocycles. The number of anilines is 1. The van der Waals surface area contributed by atoms with Crippen LogP contribution in [-0.4, -0.2) is 15.6 Å². The standard InChI is InChI=1S/C18H12ClN3O4/c1-22-14-8-12(6-7-15(14)25-18(22)24)20-17(23)13-9-16(26-21-13)10-2-4-11(19)5-3-10/h2-9H,1H3,(H,20,23). The van der Waals surface area contributed by atoms with Crippen molar-refractivity contribution >= 4 is 34.3 Å². The first-order valence-corrected chi connectivity index (χ1v) is 8.02. The van der Waals surface area contributed by atoms with Gasteiger partial charge in [-0.3, -0.25) is 9.36 Å². The fourth-order valence-corrected chi connectivity index (χ4v) is 2.66. The summed E-state index contributed by atoms with van der Waals surface area (Å²) in [5, 5.41) is 7.13. The fourth-order valence-electron chi connectivity index (χ4n) is 2.53. The molecule has 2 aromatic heterocycles. The van der Waals surface area contributed by atoms with E-state index in [2.05, 4.69) is 10.5 Å². The smallest absolute Gasteiger partial charge is 0.408 e. The van der Waals surface area contributed by atoms with Crippen LogP contribution in [0.15, 0.2) is 62.3 Å². The molecule has 0 spiro atoms. The summed E-state index contributed by atoms with van der Waals surface area (Å²) in [5.74, 6) is -0.436. The van der Waals surface area contributed by atoms with Crippen molar-refractivity contribution in [3.63, 3.8) is 0 Å². The molecule has 26 heavy (non-hydrogen) atoms. The minimum atomic E-state index is -0.465. The highest BCUT2D eigenvalue weighted by molar-refractivity contribution is 6.30. The number of fused-ring (bicyclic) bond motifs is 1. The van der Waals surface area contributed by atoms with Crippen molar-refractivity contribution in [3.8, 4) is 11.3 Å². The lowest BCUT2D eigenvalue weighted by molar-refractivity contribution is 0.101. The predicted molar refractivity (Wildman–Crippen MR) is 96.4 cm³/mol. The van der Waals surface area contributed by atoms with Crippen LogP contribution in [0.2, 0.25) is 5.02 Å². The second kappa shape index (κ2) is 6.20. The van der Waals surface area contributed by atoms with Crippen LogP contribution >= 0.6 is 11.6 Å². The van der Waals surface area contributed by atoms with Gasteiger partial charge in [0.05, 0.1) is 5.52 Å². The van der Waals surface area contributed by atoms with E-state index in [-0.39, 0.29) is 5.69 Å². The van der Waals surface area contributed by atoms with Crippen LogP contribution in [-0.2, 0) is 7.05 Å². The zero-order chi connectivity index (χ0) is 18.3. The summed E-state index contributed by atoms with van der Waals surface area (Å²) in [6.07, 6.45) is 0. The van der Waals surface area contributed by atoms with E-state index in [0.29, 0.717) is 27.6 Å². The molecule has 0 aliphatic heterocycles. The van der Waals surface area contributed by atoms with Crippen LogP contribution < -0.4 is 11.1 Å². The van der Waals surface area contributed by atoms with Gasteiger partial charge in [-0.25, -0.2) is 4.79 Å². The average molecular weight is 370 g/mol. The van der Waals surface area contributed by atoms with Crippen molar-refractivity contribution in [3.05, 3.63) is 69.8 Å². The molecule has 4 rings (SSSR count). The molecule has 0 saturated carbocycles. The van der Waals surface area contributed by atoms with Gasteiger partial charge in [-0.15, -0.1) is 0 Å². The number of nitrogens with one attached hydrogen (secondary N) is 1. The lowest BCUT2D eigenvalue weighted by atomic mass is 10.1. The van der Waals surface area contributed by atoms with Gasteiger partial charge in [0, 0.05) is 29.4 Å². The summed E-state index contributed by atoms with van der Waals surface area (Å²) in [7, 11) is 1.59. The summed E-state index contributed by atoms with van der Waals surface area (Å²) >= 11 is 5.86. The summed E-state index contributed by atoms with van der Waals surface area (Å²) in [4.78, 5) is 23.9. The first-order chi connectivity index (χ1) is 12.5. The second-order valence-corrected chi connectivity index (χ2v) is 6.08. The minimum absolute atomic E-state index is 0.135. The molecule has 1 N–H and O–H groups in total. The van der Waals surface area contributed by atoms with Crippen molar-refractivity contribution in [2.75, 3.05) is 5.32 Å². The molecule has 0 aliphatic carbocycles. The van der Waals surface area contributed by atoms with E-state index >= 15 is 0 Å². The van der Waals surface area contributed by atoms with Crippen molar-refractivity contribution in [1.29, 1.82) is 0 Å². The van der Waals surface area contributed by atoms with E-state index in [1.807, 2.05) is 0 Å². The Kier molecular flexibility index (Phi) is 3.85. The highest BCUT2D eigenvalue weighted by Crippen LogP contribution is 2.23. The largest absolute Gasteiger partial charge is 0.419 e. The first kappa shape index (κ1) is 16.2. The molecule has 1 amide bonds. The molecule has 0 radical (unpaired) electrons. The number of halogens is 1. The molecule has 8 heteroatoms. The van der Waals surface area contributed by atoms with Crippen LogP contribution in [0.1, 0.15) is 10.5 Å². The third-order valence-electron chi connectivity index (χ3n) is 3.92. The van der Waals surface area contributed by atoms with Crippen molar-refractivity contribution < 1.29 is 13.7 Å². The van der Waals surface area contributed by atoms with Gasteiger partial charge >= 0.3 is 5.76 Å². The zero-order valence-corrected chi connectivity index (χ0v) is 14.3. The Labute approximate surface area is 151 Å². The average Bonchev–Trinajstić information content (AvgIpc) is 3.22. The van der Waals surface area contributed by atoms with Gasteiger partial charge in [-0.2, -0.15) is 0 Å². The fraction of sp³-hybridized carbons (Fsp3) is 0.0556. The Morgan fingerprint density at radius 2 is 1.92 bits per heavy atom. The summed E-state index contributed by atoms with van der Waals surface area (Å²) in [6.45, 7) is 0. The van der Waals surface area contributed by atoms with Crippen molar-refractivity contribution in [1.82, 2.24) is 9.72 Å². The maximum Gasteiger partial charge on any atom is 0.419 e. The molecular formula is C18H12ClN3O4. The van der Waals surface area contributed by atoms with Gasteiger partial charge in [0.2, 0.25) is 0 Å². The van der Waals surface area contributed by atoms with Gasteiger partial charge in [0.25, 0.3) is 5.91 Å². The molecule has 7 nitrogen and oxygen atoms in total. The van der Waals surface area contributed by atoms with Crippen LogP contribution in [0.5, 0.6) is 0 Å². The van der Waals surface area contributed by atoms with Gasteiger partial charge in [0.15, 0.2) is 17.0 Å². The topological polar surface area (TPSA) is 90.3 Å². The van der Waals surface area contributed by atoms with E-state index in [1.165, 1.54) is 4.57 Å². The summed E-state index contributed by atoms with van der Waals surface area (Å²) < 4.78 is 11.7. The summed E-state index contributed by atoms with van der Waals surface area (Å²) in [5.41, 5.74) is 2.43. The first-order valence-electron chi connectivity index (χ1n) is 7.65. The number of oxazole rings is 1. The van der Waals surface area contributed by atoms with Gasteiger partial charge < -0.3 is 14.3 Å². The molecule has 0 bridgehead atoms. The van der Waals surface area contributed by atoms with Crippen LogP contribution in [0.25, 0.3) is 22.4 Å². The number of carbonyl (C=O) groups excluding carboxylic acids is 1. The Hall–Kier alpha value is -3.32. The lowest BCUT2D eigenvalue weighted by Gasteiger charge is -2.02. The SMILES string of the molecule is Cn1c(=O)oc2ccc(NC(=O)c3cc(-c4ccc(Cl)cc4)on3)cc21. The van der Waals surface area contributed by atoms with Crippen molar-refractivity contribution in [2.45, 2.75) is 0 Å². The highest BCUT2D eigenvalue weighted by atomic mass is 35.5. The van der Waals surface area contributed by atoms with E-state index in [0.717, 1.165) is 5.56 Å².